The fourth-order valence-electron chi connectivity index (χ4n) is 2.49. The van der Waals surface area contributed by atoms with E-state index in [0.717, 1.165) is 24.6 Å². The first-order chi connectivity index (χ1) is 9.33. The summed E-state index contributed by atoms with van der Waals surface area (Å²) in [6, 6.07) is 11.1. The molecule has 3 rings (SSSR count). The number of hydrogen-bond acceptors (Lipinski definition) is 4. The Morgan fingerprint density at radius 1 is 1.37 bits per heavy atom. The van der Waals surface area contributed by atoms with Gasteiger partial charge in [-0.25, -0.2) is 4.98 Å². The second-order valence-electron chi connectivity index (χ2n) is 5.07. The lowest BCUT2D eigenvalue weighted by molar-refractivity contribution is 0.246. The van der Waals surface area contributed by atoms with Crippen molar-refractivity contribution in [2.75, 3.05) is 20.1 Å². The summed E-state index contributed by atoms with van der Waals surface area (Å²) in [6.07, 6.45) is 1.24. The monoisotopic (exact) mass is 273 g/mol. The first-order valence-corrected chi connectivity index (χ1v) is 7.61. The topological polar surface area (TPSA) is 28.2 Å². The third-order valence-corrected chi connectivity index (χ3v) is 4.58. The molecule has 1 atom stereocenters. The second kappa shape index (κ2) is 5.82. The van der Waals surface area contributed by atoms with Crippen molar-refractivity contribution in [1.29, 1.82) is 0 Å². The quantitative estimate of drug-likeness (QED) is 0.928. The summed E-state index contributed by atoms with van der Waals surface area (Å²) >= 11 is 1.73. The van der Waals surface area contributed by atoms with Crippen molar-refractivity contribution in [2.45, 2.75) is 19.0 Å². The van der Waals surface area contributed by atoms with Gasteiger partial charge < -0.3 is 5.32 Å². The van der Waals surface area contributed by atoms with Crippen LogP contribution in [0.1, 0.15) is 12.1 Å². The van der Waals surface area contributed by atoms with Gasteiger partial charge in [-0.3, -0.25) is 4.90 Å². The summed E-state index contributed by atoms with van der Waals surface area (Å²) in [6.45, 7) is 3.18. The molecule has 0 bridgehead atoms. The van der Waals surface area contributed by atoms with Crippen LogP contribution >= 0.6 is 11.3 Å². The molecule has 1 saturated heterocycles. The molecule has 0 amide bonds. The van der Waals surface area contributed by atoms with E-state index in [1.54, 1.807) is 11.3 Å². The molecule has 2 aromatic rings. The molecule has 1 aliphatic heterocycles. The lowest BCUT2D eigenvalue weighted by Crippen LogP contribution is -2.32. The Morgan fingerprint density at radius 2 is 2.21 bits per heavy atom. The molecule has 1 aliphatic rings. The molecule has 1 fully saturated rings. The van der Waals surface area contributed by atoms with Crippen molar-refractivity contribution < 1.29 is 0 Å². The largest absolute Gasteiger partial charge is 0.315 e. The Kier molecular flexibility index (Phi) is 3.92. The van der Waals surface area contributed by atoms with Gasteiger partial charge in [-0.05, 0) is 20.0 Å². The van der Waals surface area contributed by atoms with E-state index in [1.807, 2.05) is 6.07 Å². The van der Waals surface area contributed by atoms with Crippen molar-refractivity contribution in [3.63, 3.8) is 0 Å². The average Bonchev–Trinajstić information content (AvgIpc) is 3.11. The molecule has 0 aliphatic carbocycles. The molecule has 3 nitrogen and oxygen atoms in total. The van der Waals surface area contributed by atoms with Gasteiger partial charge in [0.15, 0.2) is 0 Å². The summed E-state index contributed by atoms with van der Waals surface area (Å²) in [5.74, 6) is 0. The number of nitrogens with zero attached hydrogens (tertiary/aromatic N) is 2. The molecule has 1 aromatic carbocycles. The highest BCUT2D eigenvalue weighted by Gasteiger charge is 2.19. The lowest BCUT2D eigenvalue weighted by atomic mass is 10.2. The molecule has 100 valence electrons. The van der Waals surface area contributed by atoms with E-state index in [0.29, 0.717) is 6.04 Å². The number of aromatic nitrogens is 1. The van der Waals surface area contributed by atoms with Crippen molar-refractivity contribution in [3.05, 3.63) is 41.4 Å². The first kappa shape index (κ1) is 12.8. The van der Waals surface area contributed by atoms with Crippen LogP contribution in [0.15, 0.2) is 35.7 Å². The van der Waals surface area contributed by atoms with Crippen molar-refractivity contribution in [2.24, 2.45) is 0 Å². The third kappa shape index (κ3) is 3.03. The van der Waals surface area contributed by atoms with Gasteiger partial charge in [-0.15, -0.1) is 11.3 Å². The van der Waals surface area contributed by atoms with Gasteiger partial charge in [-0.1, -0.05) is 30.3 Å². The SMILES string of the molecule is CN(Cc1csc(-c2ccccc2)n1)C1CCNC1. The van der Waals surface area contributed by atoms with Gasteiger partial charge in [0.25, 0.3) is 0 Å². The number of hydrogen-bond donors (Lipinski definition) is 1. The molecule has 0 saturated carbocycles. The van der Waals surface area contributed by atoms with Crippen molar-refractivity contribution >= 4 is 11.3 Å². The molecule has 1 unspecified atom stereocenters. The summed E-state index contributed by atoms with van der Waals surface area (Å²) in [5, 5.41) is 6.71. The predicted octanol–water partition coefficient (Wildman–Crippen LogP) is 2.60. The second-order valence-corrected chi connectivity index (χ2v) is 5.93. The summed E-state index contributed by atoms with van der Waals surface area (Å²) in [7, 11) is 2.19. The normalized spacial score (nSPS) is 19.2. The molecule has 4 heteroatoms. The maximum atomic E-state index is 4.75. The number of thiazole rings is 1. The van der Waals surface area contributed by atoms with Crippen LogP contribution in [0.2, 0.25) is 0 Å². The minimum Gasteiger partial charge on any atom is -0.315 e. The van der Waals surface area contributed by atoms with Gasteiger partial charge in [0, 0.05) is 30.1 Å². The lowest BCUT2D eigenvalue weighted by Gasteiger charge is -2.22. The Morgan fingerprint density at radius 3 is 2.95 bits per heavy atom. The molecular weight excluding hydrogens is 254 g/mol. The summed E-state index contributed by atoms with van der Waals surface area (Å²) < 4.78 is 0. The predicted molar refractivity (Wildman–Crippen MR) is 80.3 cm³/mol. The summed E-state index contributed by atoms with van der Waals surface area (Å²) in [5.41, 5.74) is 2.39. The van der Waals surface area contributed by atoms with Gasteiger partial charge in [0.05, 0.1) is 5.69 Å². The standard InChI is InChI=1S/C15H19N3S/c1-18(14-7-8-16-9-14)10-13-11-19-15(17-13)12-5-3-2-4-6-12/h2-6,11,14,16H,7-10H2,1H3. The van der Waals surface area contributed by atoms with E-state index in [1.165, 1.54) is 17.7 Å². The molecule has 19 heavy (non-hydrogen) atoms. The smallest absolute Gasteiger partial charge is 0.123 e. The highest BCUT2D eigenvalue weighted by atomic mass is 32.1. The van der Waals surface area contributed by atoms with E-state index in [2.05, 4.69) is 46.9 Å². The fraction of sp³-hybridized carbons (Fsp3) is 0.400. The van der Waals surface area contributed by atoms with Gasteiger partial charge >= 0.3 is 0 Å². The highest BCUT2D eigenvalue weighted by molar-refractivity contribution is 7.13. The van der Waals surface area contributed by atoms with Crippen LogP contribution in [0.5, 0.6) is 0 Å². The maximum absolute atomic E-state index is 4.75. The first-order valence-electron chi connectivity index (χ1n) is 6.74. The minimum atomic E-state index is 0.655. The third-order valence-electron chi connectivity index (χ3n) is 3.64. The van der Waals surface area contributed by atoms with E-state index in [4.69, 9.17) is 4.98 Å². The van der Waals surface area contributed by atoms with Crippen LogP contribution in [0.3, 0.4) is 0 Å². The Hall–Kier alpha value is -1.23. The Bertz CT molecular complexity index is 517. The van der Waals surface area contributed by atoms with E-state index in [-0.39, 0.29) is 0 Å². The van der Waals surface area contributed by atoms with Gasteiger partial charge in [0.2, 0.25) is 0 Å². The fourth-order valence-corrected chi connectivity index (χ4v) is 3.31. The Labute approximate surface area is 118 Å². The van der Waals surface area contributed by atoms with E-state index in [9.17, 15) is 0 Å². The van der Waals surface area contributed by atoms with Crippen LogP contribution in [-0.4, -0.2) is 36.1 Å². The molecule has 0 spiro atoms. The minimum absolute atomic E-state index is 0.655. The summed E-state index contributed by atoms with van der Waals surface area (Å²) in [4.78, 5) is 7.15. The number of rotatable bonds is 4. The molecular formula is C15H19N3S. The molecule has 2 heterocycles. The van der Waals surface area contributed by atoms with Crippen LogP contribution in [0.4, 0.5) is 0 Å². The average molecular weight is 273 g/mol. The number of likely N-dealkylation sites (N-methyl/N-ethyl adjacent to an activating group) is 1. The van der Waals surface area contributed by atoms with E-state index < -0.39 is 0 Å². The van der Waals surface area contributed by atoms with Gasteiger partial charge in [0.1, 0.15) is 5.01 Å². The van der Waals surface area contributed by atoms with Crippen molar-refractivity contribution in [1.82, 2.24) is 15.2 Å². The molecule has 1 aromatic heterocycles. The number of nitrogens with one attached hydrogen (secondary N) is 1. The van der Waals surface area contributed by atoms with Gasteiger partial charge in [-0.2, -0.15) is 0 Å². The van der Waals surface area contributed by atoms with Crippen LogP contribution < -0.4 is 5.32 Å². The maximum Gasteiger partial charge on any atom is 0.123 e. The van der Waals surface area contributed by atoms with E-state index >= 15 is 0 Å². The zero-order chi connectivity index (χ0) is 13.1. The van der Waals surface area contributed by atoms with Crippen LogP contribution in [-0.2, 0) is 6.54 Å². The van der Waals surface area contributed by atoms with Crippen LogP contribution in [0.25, 0.3) is 10.6 Å². The van der Waals surface area contributed by atoms with Crippen molar-refractivity contribution in [3.8, 4) is 10.6 Å². The number of benzene rings is 1. The van der Waals surface area contributed by atoms with Crippen LogP contribution in [0, 0.1) is 0 Å². The molecule has 1 N–H and O–H groups in total. The Balaban J connectivity index is 1.68. The zero-order valence-corrected chi connectivity index (χ0v) is 12.0. The highest BCUT2D eigenvalue weighted by Crippen LogP contribution is 2.24. The molecule has 0 radical (unpaired) electrons. The zero-order valence-electron chi connectivity index (χ0n) is 11.2.